The molecule has 1 saturated carbocycles. The third-order valence-corrected chi connectivity index (χ3v) is 6.60. The first-order valence-corrected chi connectivity index (χ1v) is 9.75. The van der Waals surface area contributed by atoms with Gasteiger partial charge in [-0.25, -0.2) is 13.1 Å². The minimum atomic E-state index is -3.55. The van der Waals surface area contributed by atoms with Gasteiger partial charge < -0.3 is 0 Å². The van der Waals surface area contributed by atoms with E-state index >= 15 is 0 Å². The number of sulfonamides is 1. The molecule has 1 aromatic carbocycles. The Labute approximate surface area is 130 Å². The number of benzene rings is 1. The Morgan fingerprint density at radius 1 is 1.35 bits per heavy atom. The first kappa shape index (κ1) is 14.4. The Balaban J connectivity index is 1.90. The van der Waals surface area contributed by atoms with E-state index < -0.39 is 10.0 Å². The van der Waals surface area contributed by atoms with Gasteiger partial charge in [-0.05, 0) is 30.9 Å². The fraction of sp³-hybridized carbons (Fsp3) is 0.500. The predicted octanol–water partition coefficient (Wildman–Crippen LogP) is 3.25. The molecule has 1 heterocycles. The maximum absolute atomic E-state index is 12.6. The number of fused-ring (bicyclic) bond motifs is 1. The van der Waals surface area contributed by atoms with E-state index in [0.717, 1.165) is 35.9 Å². The van der Waals surface area contributed by atoms with E-state index in [2.05, 4.69) is 29.4 Å². The van der Waals surface area contributed by atoms with E-state index in [0.29, 0.717) is 17.3 Å². The second kappa shape index (κ2) is 5.67. The quantitative estimate of drug-likeness (QED) is 0.832. The summed E-state index contributed by atoms with van der Waals surface area (Å²) in [6, 6.07) is 5.06. The molecule has 108 valence electrons. The maximum Gasteiger partial charge on any atom is 0.243 e. The van der Waals surface area contributed by atoms with Crippen LogP contribution in [0.2, 0.25) is 0 Å². The minimum absolute atomic E-state index is 0.00114. The summed E-state index contributed by atoms with van der Waals surface area (Å²) in [6.07, 6.45) is 3.01. The van der Waals surface area contributed by atoms with Crippen molar-refractivity contribution in [2.24, 2.45) is 14.6 Å². The van der Waals surface area contributed by atoms with Gasteiger partial charge in [0.1, 0.15) is 16.3 Å². The molecule has 0 aromatic heterocycles. The first-order chi connectivity index (χ1) is 9.62. The molecule has 3 rings (SSSR count). The second-order valence-corrected chi connectivity index (χ2v) is 7.82. The predicted molar refractivity (Wildman–Crippen MR) is 83.2 cm³/mol. The van der Waals surface area contributed by atoms with Crippen molar-refractivity contribution < 1.29 is 8.42 Å². The Morgan fingerprint density at radius 2 is 2.20 bits per heavy atom. The molecule has 0 amide bonds. The molecule has 20 heavy (non-hydrogen) atoms. The molecule has 0 bridgehead atoms. The zero-order chi connectivity index (χ0) is 14.2. The number of alkyl halides is 1. The lowest BCUT2D eigenvalue weighted by atomic mass is 10.1. The van der Waals surface area contributed by atoms with Crippen molar-refractivity contribution in [3.05, 3.63) is 18.2 Å². The third-order valence-electron chi connectivity index (χ3n) is 3.70. The Hall–Kier alpha value is -0.570. The van der Waals surface area contributed by atoms with Gasteiger partial charge >= 0.3 is 0 Å². The summed E-state index contributed by atoms with van der Waals surface area (Å²) in [5.41, 5.74) is 1.08. The van der Waals surface area contributed by atoms with Gasteiger partial charge in [-0.2, -0.15) is 8.73 Å². The Kier molecular flexibility index (Phi) is 4.07. The van der Waals surface area contributed by atoms with Crippen LogP contribution in [0.1, 0.15) is 19.3 Å². The van der Waals surface area contributed by atoms with Crippen molar-refractivity contribution >= 4 is 48.7 Å². The molecule has 2 atom stereocenters. The van der Waals surface area contributed by atoms with Gasteiger partial charge in [-0.3, -0.25) is 0 Å². The molecule has 1 aliphatic heterocycles. The molecule has 8 heteroatoms. The topological polar surface area (TPSA) is 70.9 Å². The zero-order valence-corrected chi connectivity index (χ0v) is 13.8. The van der Waals surface area contributed by atoms with Gasteiger partial charge in [-0.15, -0.1) is 0 Å². The summed E-state index contributed by atoms with van der Waals surface area (Å²) in [5.74, 6) is 0.359. The zero-order valence-electron chi connectivity index (χ0n) is 10.6. The number of nitrogens with one attached hydrogen (secondary N) is 1. The molecule has 1 N–H and O–H groups in total. The van der Waals surface area contributed by atoms with Crippen LogP contribution in [0, 0.1) is 5.92 Å². The van der Waals surface area contributed by atoms with Crippen molar-refractivity contribution in [2.75, 3.05) is 5.33 Å². The van der Waals surface area contributed by atoms with Crippen LogP contribution in [0.4, 0.5) is 11.4 Å². The first-order valence-electron chi connectivity index (χ1n) is 6.41. The number of rotatable bonds is 4. The smallest absolute Gasteiger partial charge is 0.208 e. The average molecular weight is 376 g/mol. The fourth-order valence-electron chi connectivity index (χ4n) is 2.64. The standard InChI is InChI=1S/C12H14BrN3O2S2/c13-7-8-3-1-4-9(8)16-20(17,18)11-6-2-5-10-12(11)15-19-14-10/h2,5-6,8-9,16H,1,3-4,7H2. The molecule has 5 nitrogen and oxygen atoms in total. The van der Waals surface area contributed by atoms with Gasteiger partial charge in [-0.1, -0.05) is 28.4 Å². The van der Waals surface area contributed by atoms with Gasteiger partial charge in [0.05, 0.1) is 11.4 Å². The second-order valence-electron chi connectivity index (χ2n) is 4.96. The molecular formula is C12H14BrN3O2S2. The SMILES string of the molecule is O=S(=O)(NC1CCCC1CBr)c1cccc2c1N=S=N2. The van der Waals surface area contributed by atoms with Crippen LogP contribution in [-0.2, 0) is 21.4 Å². The minimum Gasteiger partial charge on any atom is -0.208 e. The number of nitrogens with zero attached hydrogens (tertiary/aromatic N) is 2. The number of halogens is 1. The van der Waals surface area contributed by atoms with Crippen molar-refractivity contribution in [3.8, 4) is 0 Å². The number of hydrogen-bond donors (Lipinski definition) is 1. The maximum atomic E-state index is 12.6. The van der Waals surface area contributed by atoms with Gasteiger partial charge in [0.25, 0.3) is 0 Å². The fourth-order valence-corrected chi connectivity index (χ4v) is 5.52. The summed E-state index contributed by atoms with van der Waals surface area (Å²) in [7, 11) is -3.55. The Morgan fingerprint density at radius 3 is 3.00 bits per heavy atom. The summed E-state index contributed by atoms with van der Waals surface area (Å²) in [5, 5.41) is 0.822. The largest absolute Gasteiger partial charge is 0.243 e. The van der Waals surface area contributed by atoms with E-state index in [1.165, 1.54) is 0 Å². The highest BCUT2D eigenvalue weighted by Crippen LogP contribution is 2.38. The van der Waals surface area contributed by atoms with E-state index in [-0.39, 0.29) is 10.9 Å². The van der Waals surface area contributed by atoms with Crippen LogP contribution < -0.4 is 4.72 Å². The molecule has 0 saturated heterocycles. The van der Waals surface area contributed by atoms with E-state index in [9.17, 15) is 8.42 Å². The van der Waals surface area contributed by atoms with Crippen LogP contribution in [0.3, 0.4) is 0 Å². The molecule has 0 radical (unpaired) electrons. The highest BCUT2D eigenvalue weighted by atomic mass is 79.9. The van der Waals surface area contributed by atoms with Gasteiger partial charge in [0.2, 0.25) is 10.0 Å². The lowest BCUT2D eigenvalue weighted by Gasteiger charge is -2.19. The van der Waals surface area contributed by atoms with Crippen LogP contribution in [0.5, 0.6) is 0 Å². The average Bonchev–Trinajstić information content (AvgIpc) is 3.05. The van der Waals surface area contributed by atoms with Gasteiger partial charge in [0.15, 0.2) is 0 Å². The van der Waals surface area contributed by atoms with Crippen molar-refractivity contribution in [1.29, 1.82) is 0 Å². The van der Waals surface area contributed by atoms with Crippen LogP contribution >= 0.6 is 15.9 Å². The normalized spacial score (nSPS) is 24.6. The molecule has 1 aliphatic carbocycles. The van der Waals surface area contributed by atoms with Crippen LogP contribution in [0.15, 0.2) is 31.8 Å². The van der Waals surface area contributed by atoms with Crippen molar-refractivity contribution in [3.63, 3.8) is 0 Å². The summed E-state index contributed by atoms with van der Waals surface area (Å²) >= 11 is 4.49. The van der Waals surface area contributed by atoms with Crippen LogP contribution in [-0.4, -0.2) is 19.8 Å². The van der Waals surface area contributed by atoms with Crippen molar-refractivity contribution in [2.45, 2.75) is 30.2 Å². The van der Waals surface area contributed by atoms with Gasteiger partial charge in [0, 0.05) is 11.4 Å². The van der Waals surface area contributed by atoms with E-state index in [1.54, 1.807) is 18.2 Å². The summed E-state index contributed by atoms with van der Waals surface area (Å²) in [6.45, 7) is 0. The van der Waals surface area contributed by atoms with Crippen LogP contribution in [0.25, 0.3) is 0 Å². The summed E-state index contributed by atoms with van der Waals surface area (Å²) < 4.78 is 36.2. The lowest BCUT2D eigenvalue weighted by molar-refractivity contribution is 0.484. The highest BCUT2D eigenvalue weighted by Gasteiger charge is 2.32. The summed E-state index contributed by atoms with van der Waals surface area (Å²) in [4.78, 5) is 0.226. The van der Waals surface area contributed by atoms with E-state index in [1.807, 2.05) is 0 Å². The highest BCUT2D eigenvalue weighted by molar-refractivity contribution is 9.09. The molecule has 2 aliphatic rings. The molecule has 2 unspecified atom stereocenters. The van der Waals surface area contributed by atoms with Crippen molar-refractivity contribution in [1.82, 2.24) is 4.72 Å². The lowest BCUT2D eigenvalue weighted by Crippen LogP contribution is -2.37. The molecule has 1 aromatic rings. The Bertz CT molecular complexity index is 699. The third kappa shape index (κ3) is 2.61. The molecular weight excluding hydrogens is 362 g/mol. The molecule has 1 fully saturated rings. The monoisotopic (exact) mass is 375 g/mol. The van der Waals surface area contributed by atoms with E-state index in [4.69, 9.17) is 0 Å². The molecule has 0 spiro atoms. The number of hydrogen-bond acceptors (Lipinski definition) is 4.